The minimum absolute atomic E-state index is 0.0457. The number of aliphatic carboxylic acids is 1. The Labute approximate surface area is 116 Å². The summed E-state index contributed by atoms with van der Waals surface area (Å²) in [5.74, 6) is -1.31. The van der Waals surface area contributed by atoms with Crippen molar-refractivity contribution in [2.45, 2.75) is 19.1 Å². The Morgan fingerprint density at radius 1 is 1.35 bits per heavy atom. The molecule has 0 N–H and O–H groups in total. The number of nitrogens with zero attached hydrogens (tertiary/aromatic N) is 1. The van der Waals surface area contributed by atoms with Crippen LogP contribution in [0.4, 0.5) is 4.79 Å². The standard InChI is InChI=1S/C14H17NO5/c16-13(17)12-9-15(7-4-8-19-12)14(18)20-10-11-5-2-1-3-6-11/h1-3,5-6,12H,4,7-10H2,(H,16,17)/p-1. The first-order valence-electron chi connectivity index (χ1n) is 6.45. The molecule has 1 saturated heterocycles. The molecule has 0 bridgehead atoms. The molecule has 0 aliphatic carbocycles. The normalized spacial score (nSPS) is 19.2. The molecule has 1 fully saturated rings. The van der Waals surface area contributed by atoms with Crippen molar-refractivity contribution >= 4 is 12.1 Å². The van der Waals surface area contributed by atoms with E-state index < -0.39 is 18.2 Å². The largest absolute Gasteiger partial charge is 0.547 e. The van der Waals surface area contributed by atoms with Crippen molar-refractivity contribution in [3.63, 3.8) is 0 Å². The van der Waals surface area contributed by atoms with Gasteiger partial charge in [0.25, 0.3) is 0 Å². The van der Waals surface area contributed by atoms with Crippen LogP contribution < -0.4 is 5.11 Å². The second-order valence-corrected chi connectivity index (χ2v) is 4.52. The van der Waals surface area contributed by atoms with Gasteiger partial charge in [0.05, 0.1) is 12.5 Å². The summed E-state index contributed by atoms with van der Waals surface area (Å²) in [6, 6.07) is 9.29. The molecule has 1 aliphatic rings. The van der Waals surface area contributed by atoms with Crippen molar-refractivity contribution in [3.05, 3.63) is 35.9 Å². The summed E-state index contributed by atoms with van der Waals surface area (Å²) in [5, 5.41) is 10.8. The highest BCUT2D eigenvalue weighted by molar-refractivity contribution is 5.73. The van der Waals surface area contributed by atoms with Crippen LogP contribution in [0.25, 0.3) is 0 Å². The summed E-state index contributed by atoms with van der Waals surface area (Å²) in [5.41, 5.74) is 0.878. The Morgan fingerprint density at radius 2 is 2.10 bits per heavy atom. The lowest BCUT2D eigenvalue weighted by Gasteiger charge is -2.23. The Balaban J connectivity index is 1.89. The number of carboxylic acid groups (broad SMARTS) is 1. The average Bonchev–Trinajstić information content (AvgIpc) is 2.72. The molecule has 108 valence electrons. The van der Waals surface area contributed by atoms with E-state index in [1.807, 2.05) is 30.3 Å². The van der Waals surface area contributed by atoms with Crippen molar-refractivity contribution in [1.29, 1.82) is 0 Å². The molecule has 1 unspecified atom stereocenters. The minimum Gasteiger partial charge on any atom is -0.547 e. The summed E-state index contributed by atoms with van der Waals surface area (Å²) >= 11 is 0. The summed E-state index contributed by atoms with van der Waals surface area (Å²) in [6.45, 7) is 0.821. The van der Waals surface area contributed by atoms with Crippen LogP contribution in [0, 0.1) is 0 Å². The van der Waals surface area contributed by atoms with Gasteiger partial charge in [-0.3, -0.25) is 0 Å². The van der Waals surface area contributed by atoms with Crippen LogP contribution in [-0.4, -0.2) is 42.8 Å². The number of hydrogen-bond donors (Lipinski definition) is 0. The van der Waals surface area contributed by atoms with Gasteiger partial charge in [-0.1, -0.05) is 30.3 Å². The van der Waals surface area contributed by atoms with Crippen LogP contribution in [0.1, 0.15) is 12.0 Å². The highest BCUT2D eigenvalue weighted by atomic mass is 16.6. The fraction of sp³-hybridized carbons (Fsp3) is 0.429. The van der Waals surface area contributed by atoms with Gasteiger partial charge in [-0.2, -0.15) is 0 Å². The predicted molar refractivity (Wildman–Crippen MR) is 67.6 cm³/mol. The molecule has 1 amide bonds. The first-order chi connectivity index (χ1) is 9.66. The molecular weight excluding hydrogens is 262 g/mol. The highest BCUT2D eigenvalue weighted by Gasteiger charge is 2.24. The zero-order valence-electron chi connectivity index (χ0n) is 11.0. The number of carbonyl (C=O) groups is 2. The lowest BCUT2D eigenvalue weighted by Crippen LogP contribution is -2.45. The van der Waals surface area contributed by atoms with Crippen LogP contribution in [0.15, 0.2) is 30.3 Å². The molecule has 1 aromatic carbocycles. The van der Waals surface area contributed by atoms with Crippen molar-refractivity contribution in [2.24, 2.45) is 0 Å². The van der Waals surface area contributed by atoms with Gasteiger partial charge >= 0.3 is 6.09 Å². The van der Waals surface area contributed by atoms with E-state index in [1.54, 1.807) is 0 Å². The molecule has 0 aromatic heterocycles. The predicted octanol–water partition coefficient (Wildman–Crippen LogP) is 0.164. The zero-order chi connectivity index (χ0) is 14.4. The molecule has 20 heavy (non-hydrogen) atoms. The van der Waals surface area contributed by atoms with E-state index in [9.17, 15) is 14.7 Å². The van der Waals surface area contributed by atoms with Gasteiger partial charge in [0.2, 0.25) is 0 Å². The van der Waals surface area contributed by atoms with Crippen LogP contribution in [0.3, 0.4) is 0 Å². The van der Waals surface area contributed by atoms with E-state index >= 15 is 0 Å². The SMILES string of the molecule is O=C([O-])C1CN(C(=O)OCc2ccccc2)CCCO1. The van der Waals surface area contributed by atoms with Gasteiger partial charge < -0.3 is 24.3 Å². The highest BCUT2D eigenvalue weighted by Crippen LogP contribution is 2.09. The third kappa shape index (κ3) is 3.96. The number of carbonyl (C=O) groups excluding carboxylic acids is 2. The lowest BCUT2D eigenvalue weighted by molar-refractivity contribution is -0.316. The zero-order valence-corrected chi connectivity index (χ0v) is 11.0. The number of rotatable bonds is 3. The van der Waals surface area contributed by atoms with Crippen LogP contribution in [0.5, 0.6) is 0 Å². The Hall–Kier alpha value is -2.08. The number of benzene rings is 1. The molecule has 6 nitrogen and oxygen atoms in total. The molecule has 2 rings (SSSR count). The maximum absolute atomic E-state index is 11.9. The van der Waals surface area contributed by atoms with Crippen LogP contribution >= 0.6 is 0 Å². The van der Waals surface area contributed by atoms with E-state index in [2.05, 4.69) is 0 Å². The van der Waals surface area contributed by atoms with E-state index in [0.29, 0.717) is 19.6 Å². The first-order valence-corrected chi connectivity index (χ1v) is 6.45. The molecule has 1 aromatic rings. The van der Waals surface area contributed by atoms with Crippen LogP contribution in [-0.2, 0) is 20.9 Å². The van der Waals surface area contributed by atoms with Crippen molar-refractivity contribution in [3.8, 4) is 0 Å². The molecule has 1 atom stereocenters. The number of amides is 1. The third-order valence-corrected chi connectivity index (χ3v) is 3.00. The topological polar surface area (TPSA) is 78.9 Å². The number of hydrogen-bond acceptors (Lipinski definition) is 5. The fourth-order valence-electron chi connectivity index (χ4n) is 1.94. The summed E-state index contributed by atoms with van der Waals surface area (Å²) in [6.07, 6.45) is -1.06. The second-order valence-electron chi connectivity index (χ2n) is 4.52. The van der Waals surface area contributed by atoms with Gasteiger partial charge in [0.1, 0.15) is 12.7 Å². The quantitative estimate of drug-likeness (QED) is 0.787. The van der Waals surface area contributed by atoms with E-state index in [4.69, 9.17) is 9.47 Å². The van der Waals surface area contributed by atoms with Gasteiger partial charge in [-0.25, -0.2) is 4.79 Å². The third-order valence-electron chi connectivity index (χ3n) is 3.00. The van der Waals surface area contributed by atoms with Crippen molar-refractivity contribution in [1.82, 2.24) is 4.90 Å². The molecule has 1 aliphatic heterocycles. The van der Waals surface area contributed by atoms with Crippen molar-refractivity contribution in [2.75, 3.05) is 19.7 Å². The molecule has 0 saturated carbocycles. The van der Waals surface area contributed by atoms with E-state index in [0.717, 1.165) is 5.56 Å². The van der Waals surface area contributed by atoms with Crippen LogP contribution in [0.2, 0.25) is 0 Å². The number of ether oxygens (including phenoxy) is 2. The van der Waals surface area contributed by atoms with Gasteiger partial charge in [-0.05, 0) is 12.0 Å². The first kappa shape index (κ1) is 14.3. The maximum Gasteiger partial charge on any atom is 0.410 e. The summed E-state index contributed by atoms with van der Waals surface area (Å²) < 4.78 is 10.3. The monoisotopic (exact) mass is 278 g/mol. The summed E-state index contributed by atoms with van der Waals surface area (Å²) in [4.78, 5) is 24.1. The lowest BCUT2D eigenvalue weighted by atomic mass is 10.2. The van der Waals surface area contributed by atoms with Crippen molar-refractivity contribution < 1.29 is 24.2 Å². The number of carboxylic acids is 1. The Morgan fingerprint density at radius 3 is 2.80 bits per heavy atom. The van der Waals surface area contributed by atoms with Gasteiger partial charge in [0.15, 0.2) is 0 Å². The minimum atomic E-state index is -1.31. The maximum atomic E-state index is 11.9. The molecule has 0 radical (unpaired) electrons. The fourth-order valence-corrected chi connectivity index (χ4v) is 1.94. The second kappa shape index (κ2) is 6.91. The van der Waals surface area contributed by atoms with E-state index in [1.165, 1.54) is 4.90 Å². The van der Waals surface area contributed by atoms with Gasteiger partial charge in [-0.15, -0.1) is 0 Å². The average molecular weight is 278 g/mol. The molecule has 0 spiro atoms. The molecule has 6 heteroatoms. The molecule has 1 heterocycles. The van der Waals surface area contributed by atoms with E-state index in [-0.39, 0.29) is 13.2 Å². The van der Waals surface area contributed by atoms with Gasteiger partial charge in [0, 0.05) is 13.2 Å². The molecular formula is C14H16NO5-. The smallest absolute Gasteiger partial charge is 0.410 e. The Bertz CT molecular complexity index is 462. The Kier molecular flexibility index (Phi) is 4.95. The summed E-state index contributed by atoms with van der Waals surface area (Å²) in [7, 11) is 0.